The molecule has 0 spiro atoms. The largest absolute Gasteiger partial charge is 0.333 e. The second-order valence-corrected chi connectivity index (χ2v) is 25.0. The Balaban J connectivity index is 1.21. The molecular weight excluding hydrogens is 831 g/mol. The molecule has 0 amide bonds. The van der Waals surface area contributed by atoms with Crippen molar-refractivity contribution in [2.75, 3.05) is 7.05 Å². The second kappa shape index (κ2) is 18.1. The molecule has 1 atom stereocenters. The number of hydrogen-bond donors (Lipinski definition) is 0. The summed E-state index contributed by atoms with van der Waals surface area (Å²) in [6.45, 7) is 6.62. The first-order chi connectivity index (χ1) is 32.4. The van der Waals surface area contributed by atoms with Crippen LogP contribution in [0.3, 0.4) is 0 Å². The normalized spacial score (nSPS) is 14.7. The molecule has 8 aromatic rings. The summed E-state index contributed by atoms with van der Waals surface area (Å²) in [5.41, 5.74) is 13.4. The van der Waals surface area contributed by atoms with Gasteiger partial charge in [-0.25, -0.2) is 9.98 Å². The summed E-state index contributed by atoms with van der Waals surface area (Å²) in [7, 11) is -3.55. The van der Waals surface area contributed by atoms with Gasteiger partial charge < -0.3 is 4.90 Å². The Bertz CT molecular complexity index is 3090. The molecule has 1 heterocycles. The smallest absolute Gasteiger partial charge is 0.180 e. The number of nitrogens with zero attached hydrogens (tertiary/aromatic N) is 3. The highest BCUT2D eigenvalue weighted by atomic mass is 28.3. The van der Waals surface area contributed by atoms with Crippen molar-refractivity contribution in [1.29, 1.82) is 0 Å². The van der Waals surface area contributed by atoms with Gasteiger partial charge in [0, 0.05) is 23.7 Å². The topological polar surface area (TPSA) is 28.0 Å². The van der Waals surface area contributed by atoms with Crippen LogP contribution in [-0.4, -0.2) is 39.8 Å². The number of allylic oxidation sites excluding steroid dienone is 4. The average molecular weight is 882 g/mol. The van der Waals surface area contributed by atoms with E-state index in [0.717, 1.165) is 22.8 Å². The molecule has 0 aromatic heterocycles. The fourth-order valence-electron chi connectivity index (χ4n) is 10.6. The van der Waals surface area contributed by atoms with E-state index in [0.29, 0.717) is 0 Å². The molecule has 8 aromatic carbocycles. The summed E-state index contributed by atoms with van der Waals surface area (Å²) in [5.74, 6) is 1.60. The summed E-state index contributed by atoms with van der Waals surface area (Å²) in [5, 5.41) is 10.4. The Labute approximate surface area is 391 Å². The van der Waals surface area contributed by atoms with Crippen molar-refractivity contribution in [3.63, 3.8) is 0 Å². The molecule has 0 bridgehead atoms. The fourth-order valence-corrected chi connectivity index (χ4v) is 20.1. The van der Waals surface area contributed by atoms with Gasteiger partial charge in [-0.2, -0.15) is 0 Å². The lowest BCUT2D eigenvalue weighted by atomic mass is 9.96. The predicted octanol–water partition coefficient (Wildman–Crippen LogP) is 8.64. The van der Waals surface area contributed by atoms with Crippen LogP contribution < -0.4 is 36.3 Å². The standard InChI is InChI=1S/C61H51N3Si2/c1-45-41-46(2)58(47(3)42-45)61-63-59(48-25-23-39-56(43-48)65(50-27-11-5-12-28-50,51-29-13-6-14-30-51)52-31-15-7-16-32-52)62-60(64(61)4)49-26-24-40-57(44-49)66(53-33-17-8-18-34-53,54-35-19-9-20-36-54)55-37-21-10-22-38-55/h5-9,11-21,23-44,61H,1-4H3. The van der Waals surface area contributed by atoms with Gasteiger partial charge in [-0.05, 0) is 85.6 Å². The molecular formula is C61H51N3Si2. The molecule has 0 radical (unpaired) electrons. The van der Waals surface area contributed by atoms with Gasteiger partial charge >= 0.3 is 0 Å². The van der Waals surface area contributed by atoms with E-state index in [4.69, 9.17) is 9.98 Å². The zero-order chi connectivity index (χ0) is 45.1. The summed E-state index contributed by atoms with van der Waals surface area (Å²) in [6, 6.07) is 78.2. The lowest BCUT2D eigenvalue weighted by Gasteiger charge is -2.37. The van der Waals surface area contributed by atoms with Gasteiger partial charge in [-0.1, -0.05) is 235 Å². The van der Waals surface area contributed by atoms with E-state index in [-0.39, 0.29) is 6.17 Å². The van der Waals surface area contributed by atoms with Gasteiger partial charge in [0.05, 0.1) is 0 Å². The molecule has 1 aliphatic carbocycles. The lowest BCUT2D eigenvalue weighted by Crippen LogP contribution is -2.74. The molecule has 318 valence electrons. The monoisotopic (exact) mass is 881 g/mol. The Kier molecular flexibility index (Phi) is 11.6. The van der Waals surface area contributed by atoms with Gasteiger partial charge in [0.2, 0.25) is 0 Å². The van der Waals surface area contributed by atoms with Gasteiger partial charge in [0.15, 0.2) is 28.1 Å². The number of benzene rings is 8. The summed E-state index contributed by atoms with van der Waals surface area (Å²) in [4.78, 5) is 13.6. The van der Waals surface area contributed by atoms with Crippen LogP contribution in [-0.2, 0) is 0 Å². The highest BCUT2D eigenvalue weighted by Gasteiger charge is 2.44. The number of aryl methyl sites for hydroxylation is 3. The minimum absolute atomic E-state index is 0.315. The molecule has 1 aliphatic heterocycles. The van der Waals surface area contributed by atoms with Crippen molar-refractivity contribution in [2.24, 2.45) is 9.98 Å². The Hall–Kier alpha value is -7.63. The highest BCUT2D eigenvalue weighted by Crippen LogP contribution is 2.33. The van der Waals surface area contributed by atoms with Crippen LogP contribution in [0, 0.1) is 20.8 Å². The van der Waals surface area contributed by atoms with Crippen molar-refractivity contribution >= 4 is 64.1 Å². The molecule has 0 saturated carbocycles. The van der Waals surface area contributed by atoms with Crippen LogP contribution in [0.4, 0.5) is 0 Å². The molecule has 2 aliphatic rings. The molecule has 0 fully saturated rings. The van der Waals surface area contributed by atoms with Crippen molar-refractivity contribution in [3.05, 3.63) is 281 Å². The SMILES string of the molecule is Cc1cc(C)c(C2N=C(c3cccc([Si](c4ccccc4)(c4ccccc4)c4ccccc4)c3)N=C(c3cccc([Si](C4=CC=C=C=C4)(c4ccccc4)c4ccccc4)c3)N2C)c(C)c1. The van der Waals surface area contributed by atoms with E-state index in [1.807, 2.05) is 6.08 Å². The average Bonchev–Trinajstić information content (AvgIpc) is 3.37. The predicted molar refractivity (Wildman–Crippen MR) is 283 cm³/mol. The third-order valence-corrected chi connectivity index (χ3v) is 22.9. The summed E-state index contributed by atoms with van der Waals surface area (Å²) >= 11 is 0. The van der Waals surface area contributed by atoms with Crippen LogP contribution in [0.25, 0.3) is 0 Å². The van der Waals surface area contributed by atoms with E-state index in [2.05, 4.69) is 269 Å². The number of aliphatic imine (C=N–C) groups is 2. The maximum atomic E-state index is 5.66. The van der Waals surface area contributed by atoms with Crippen LogP contribution in [0.1, 0.15) is 39.5 Å². The quantitative estimate of drug-likeness (QED) is 0.0727. The minimum atomic E-state index is -2.88. The van der Waals surface area contributed by atoms with E-state index < -0.39 is 16.1 Å². The Morgan fingerprint density at radius 2 is 0.879 bits per heavy atom. The van der Waals surface area contributed by atoms with Crippen LogP contribution in [0.15, 0.2) is 257 Å². The van der Waals surface area contributed by atoms with E-state index in [1.165, 1.54) is 63.8 Å². The van der Waals surface area contributed by atoms with Gasteiger partial charge in [0.25, 0.3) is 0 Å². The zero-order valence-corrected chi connectivity index (χ0v) is 39.9. The second-order valence-electron chi connectivity index (χ2n) is 17.4. The third kappa shape index (κ3) is 7.45. The third-order valence-electron chi connectivity index (χ3n) is 13.4. The molecule has 1 unspecified atom stereocenters. The number of amidine groups is 2. The molecule has 10 rings (SSSR count). The first-order valence-electron chi connectivity index (χ1n) is 22.7. The number of rotatable bonds is 11. The van der Waals surface area contributed by atoms with E-state index in [1.54, 1.807) is 0 Å². The fraction of sp³-hybridized carbons (Fsp3) is 0.0820. The molecule has 66 heavy (non-hydrogen) atoms. The molecule has 5 heteroatoms. The van der Waals surface area contributed by atoms with Crippen molar-refractivity contribution in [1.82, 2.24) is 4.90 Å². The first-order valence-corrected chi connectivity index (χ1v) is 26.7. The van der Waals surface area contributed by atoms with Crippen LogP contribution in [0.2, 0.25) is 0 Å². The Morgan fingerprint density at radius 1 is 0.455 bits per heavy atom. The molecule has 0 N–H and O–H groups in total. The van der Waals surface area contributed by atoms with Gasteiger partial charge in [-0.15, -0.1) is 0 Å². The van der Waals surface area contributed by atoms with Crippen molar-refractivity contribution in [2.45, 2.75) is 26.9 Å². The van der Waals surface area contributed by atoms with Crippen molar-refractivity contribution in [3.8, 4) is 0 Å². The van der Waals surface area contributed by atoms with E-state index in [9.17, 15) is 0 Å². The number of hydrogen-bond acceptors (Lipinski definition) is 3. The lowest BCUT2D eigenvalue weighted by molar-refractivity contribution is 0.380. The maximum Gasteiger partial charge on any atom is 0.180 e. The molecule has 0 saturated heterocycles. The van der Waals surface area contributed by atoms with Gasteiger partial charge in [0.1, 0.15) is 5.84 Å². The van der Waals surface area contributed by atoms with Crippen LogP contribution >= 0.6 is 0 Å². The summed E-state index contributed by atoms with van der Waals surface area (Å²) in [6.07, 6.45) is 6.07. The molecule has 3 nitrogen and oxygen atoms in total. The highest BCUT2D eigenvalue weighted by molar-refractivity contribution is 7.20. The zero-order valence-electron chi connectivity index (χ0n) is 37.9. The van der Waals surface area contributed by atoms with Crippen LogP contribution in [0.5, 0.6) is 0 Å². The summed E-state index contributed by atoms with van der Waals surface area (Å²) < 4.78 is 0. The van der Waals surface area contributed by atoms with E-state index >= 15 is 0 Å². The first kappa shape index (κ1) is 42.3. The van der Waals surface area contributed by atoms with Crippen molar-refractivity contribution < 1.29 is 0 Å². The van der Waals surface area contributed by atoms with Gasteiger partial charge in [-0.3, -0.25) is 0 Å². The maximum absolute atomic E-state index is 5.66. The minimum Gasteiger partial charge on any atom is -0.333 e. The Morgan fingerprint density at radius 3 is 1.35 bits per heavy atom.